The van der Waals surface area contributed by atoms with Crippen LogP contribution in [0, 0.1) is 11.8 Å². The number of aromatic carboxylic acids is 1. The maximum Gasteiger partial charge on any atom is 0.419 e. The first-order chi connectivity index (χ1) is 10.8. The normalized spacial score (nSPS) is 26.5. The molecule has 2 bridgehead atoms. The van der Waals surface area contributed by atoms with Gasteiger partial charge in [-0.05, 0) is 49.7 Å². The summed E-state index contributed by atoms with van der Waals surface area (Å²) in [6.07, 6.45) is -0.308. The smallest absolute Gasteiger partial charge is 0.419 e. The molecule has 3 rings (SSSR count). The number of carboxylic acid groups (broad SMARTS) is 1. The average molecular weight is 329 g/mol. The SMILES string of the molecule is O=C([O-])c1ccc(C(F)(F)F)c(OCOC2CC3CCC2C3)c1. The third kappa shape index (κ3) is 3.44. The van der Waals surface area contributed by atoms with Gasteiger partial charge in [-0.3, -0.25) is 0 Å². The van der Waals surface area contributed by atoms with Crippen LogP contribution < -0.4 is 9.84 Å². The summed E-state index contributed by atoms with van der Waals surface area (Å²) in [6, 6.07) is 2.35. The van der Waals surface area contributed by atoms with E-state index in [4.69, 9.17) is 9.47 Å². The van der Waals surface area contributed by atoms with Crippen LogP contribution in [-0.2, 0) is 10.9 Å². The van der Waals surface area contributed by atoms with Gasteiger partial charge < -0.3 is 19.4 Å². The molecule has 0 aromatic heterocycles. The van der Waals surface area contributed by atoms with Crippen molar-refractivity contribution >= 4 is 5.97 Å². The summed E-state index contributed by atoms with van der Waals surface area (Å²) in [5, 5.41) is 10.8. The highest BCUT2D eigenvalue weighted by Gasteiger charge is 2.40. The van der Waals surface area contributed by atoms with E-state index in [1.165, 1.54) is 6.42 Å². The first-order valence-electron chi connectivity index (χ1n) is 7.51. The zero-order valence-electron chi connectivity index (χ0n) is 12.3. The molecule has 0 amide bonds. The number of carbonyl (C=O) groups excluding carboxylic acids is 1. The first-order valence-corrected chi connectivity index (χ1v) is 7.51. The molecule has 0 heterocycles. The molecule has 7 heteroatoms. The van der Waals surface area contributed by atoms with E-state index in [1.54, 1.807) is 0 Å². The summed E-state index contributed by atoms with van der Waals surface area (Å²) < 4.78 is 49.5. The number of hydrogen-bond acceptors (Lipinski definition) is 4. The minimum Gasteiger partial charge on any atom is -0.545 e. The van der Waals surface area contributed by atoms with Crippen molar-refractivity contribution < 1.29 is 32.5 Å². The molecule has 0 aliphatic heterocycles. The maximum absolute atomic E-state index is 12.9. The summed E-state index contributed by atoms with van der Waals surface area (Å²) in [5.74, 6) is -1.00. The summed E-state index contributed by atoms with van der Waals surface area (Å²) in [6.45, 7) is -0.326. The van der Waals surface area contributed by atoms with Crippen LogP contribution in [0.15, 0.2) is 18.2 Å². The van der Waals surface area contributed by atoms with Crippen molar-refractivity contribution in [1.82, 2.24) is 0 Å². The van der Waals surface area contributed by atoms with Gasteiger partial charge >= 0.3 is 6.18 Å². The molecule has 0 radical (unpaired) electrons. The van der Waals surface area contributed by atoms with Gasteiger partial charge in [-0.25, -0.2) is 0 Å². The number of alkyl halides is 3. The van der Waals surface area contributed by atoms with Crippen molar-refractivity contribution in [2.24, 2.45) is 11.8 Å². The second-order valence-electron chi connectivity index (χ2n) is 6.14. The Morgan fingerprint density at radius 1 is 1.26 bits per heavy atom. The molecule has 4 nitrogen and oxygen atoms in total. The second kappa shape index (κ2) is 6.03. The van der Waals surface area contributed by atoms with Crippen molar-refractivity contribution in [3.8, 4) is 5.75 Å². The molecule has 0 N–H and O–H groups in total. The number of rotatable bonds is 5. The number of carbonyl (C=O) groups is 1. The third-order valence-electron chi connectivity index (χ3n) is 4.69. The zero-order chi connectivity index (χ0) is 16.6. The highest BCUT2D eigenvalue weighted by atomic mass is 19.4. The summed E-state index contributed by atoms with van der Waals surface area (Å²) >= 11 is 0. The molecule has 3 unspecified atom stereocenters. The number of carboxylic acids is 1. The fraction of sp³-hybridized carbons (Fsp3) is 0.562. The largest absolute Gasteiger partial charge is 0.545 e. The lowest BCUT2D eigenvalue weighted by atomic mass is 9.98. The van der Waals surface area contributed by atoms with Gasteiger partial charge in [-0.2, -0.15) is 13.2 Å². The van der Waals surface area contributed by atoms with Crippen molar-refractivity contribution in [2.45, 2.75) is 38.0 Å². The van der Waals surface area contributed by atoms with E-state index in [1.807, 2.05) is 0 Å². The molecule has 2 saturated carbocycles. The molecule has 2 fully saturated rings. The Bertz CT molecular complexity index is 599. The van der Waals surface area contributed by atoms with Crippen LogP contribution in [0.2, 0.25) is 0 Å². The molecule has 2 aliphatic rings. The van der Waals surface area contributed by atoms with E-state index in [0.29, 0.717) is 17.9 Å². The van der Waals surface area contributed by atoms with Gasteiger partial charge in [0.1, 0.15) is 5.75 Å². The minimum atomic E-state index is -4.63. The molecule has 3 atom stereocenters. The molecule has 0 saturated heterocycles. The summed E-state index contributed by atoms with van der Waals surface area (Å²) in [4.78, 5) is 10.8. The van der Waals surface area contributed by atoms with Crippen molar-refractivity contribution in [3.05, 3.63) is 29.3 Å². The molecular weight excluding hydrogens is 313 g/mol. The van der Waals surface area contributed by atoms with Crippen LogP contribution in [0.3, 0.4) is 0 Å². The minimum absolute atomic E-state index is 0.0207. The number of ether oxygens (including phenoxy) is 2. The Labute approximate surface area is 131 Å². The Hall–Kier alpha value is -1.76. The van der Waals surface area contributed by atoms with E-state index in [9.17, 15) is 23.1 Å². The fourth-order valence-corrected chi connectivity index (χ4v) is 3.58. The van der Waals surface area contributed by atoms with E-state index in [0.717, 1.165) is 31.4 Å². The Morgan fingerprint density at radius 3 is 2.61 bits per heavy atom. The monoisotopic (exact) mass is 329 g/mol. The quantitative estimate of drug-likeness (QED) is 0.779. The molecule has 23 heavy (non-hydrogen) atoms. The Kier molecular flexibility index (Phi) is 4.23. The standard InChI is InChI=1S/C16H17F3O4/c17-16(18,19)12-4-3-11(15(20)21)7-14(12)23-8-22-13-6-9-1-2-10(13)5-9/h3-4,7,9-10,13H,1-2,5-6,8H2,(H,20,21)/p-1. The first kappa shape index (κ1) is 16.1. The van der Waals surface area contributed by atoms with Crippen LogP contribution in [-0.4, -0.2) is 18.9 Å². The highest BCUT2D eigenvalue weighted by Crippen LogP contribution is 2.46. The maximum atomic E-state index is 12.9. The lowest BCUT2D eigenvalue weighted by molar-refractivity contribution is -0.255. The van der Waals surface area contributed by atoms with Crippen molar-refractivity contribution in [1.29, 1.82) is 0 Å². The van der Waals surface area contributed by atoms with Gasteiger partial charge in [0.2, 0.25) is 0 Å². The Morgan fingerprint density at radius 2 is 2.04 bits per heavy atom. The van der Waals surface area contributed by atoms with Crippen molar-refractivity contribution in [2.75, 3.05) is 6.79 Å². The molecule has 126 valence electrons. The van der Waals surface area contributed by atoms with E-state index in [2.05, 4.69) is 0 Å². The van der Waals surface area contributed by atoms with Crippen LogP contribution in [0.4, 0.5) is 13.2 Å². The number of halogens is 3. The highest BCUT2D eigenvalue weighted by molar-refractivity contribution is 5.86. The molecule has 0 spiro atoms. The predicted octanol–water partition coefficient (Wildman–Crippen LogP) is 2.61. The average Bonchev–Trinajstić information content (AvgIpc) is 3.08. The Balaban J connectivity index is 1.67. The van der Waals surface area contributed by atoms with E-state index < -0.39 is 23.5 Å². The van der Waals surface area contributed by atoms with Gasteiger partial charge in [0.25, 0.3) is 0 Å². The lowest BCUT2D eigenvalue weighted by Crippen LogP contribution is -2.24. The molecular formula is C16H16F3O4-. The van der Waals surface area contributed by atoms with Gasteiger partial charge in [-0.15, -0.1) is 0 Å². The molecule has 1 aromatic rings. The van der Waals surface area contributed by atoms with Crippen LogP contribution in [0.25, 0.3) is 0 Å². The topological polar surface area (TPSA) is 58.6 Å². The number of fused-ring (bicyclic) bond motifs is 2. The third-order valence-corrected chi connectivity index (χ3v) is 4.69. The lowest BCUT2D eigenvalue weighted by Gasteiger charge is -2.23. The van der Waals surface area contributed by atoms with Crippen LogP contribution in [0.5, 0.6) is 5.75 Å². The second-order valence-corrected chi connectivity index (χ2v) is 6.14. The van der Waals surface area contributed by atoms with Gasteiger partial charge in [0, 0.05) is 5.56 Å². The van der Waals surface area contributed by atoms with Gasteiger partial charge in [0.15, 0.2) is 6.79 Å². The van der Waals surface area contributed by atoms with E-state index >= 15 is 0 Å². The number of benzene rings is 1. The summed E-state index contributed by atoms with van der Waals surface area (Å²) in [5.41, 5.74) is -1.40. The number of hydrogen-bond donors (Lipinski definition) is 0. The molecule has 2 aliphatic carbocycles. The van der Waals surface area contributed by atoms with Crippen LogP contribution >= 0.6 is 0 Å². The zero-order valence-corrected chi connectivity index (χ0v) is 12.3. The molecule has 1 aromatic carbocycles. The van der Waals surface area contributed by atoms with Gasteiger partial charge in [0.05, 0.1) is 17.6 Å². The predicted molar refractivity (Wildman–Crippen MR) is 71.6 cm³/mol. The fourth-order valence-electron chi connectivity index (χ4n) is 3.58. The van der Waals surface area contributed by atoms with Crippen molar-refractivity contribution in [3.63, 3.8) is 0 Å². The van der Waals surface area contributed by atoms with Gasteiger partial charge in [-0.1, -0.05) is 6.07 Å². The summed E-state index contributed by atoms with van der Waals surface area (Å²) in [7, 11) is 0. The van der Waals surface area contributed by atoms with Crippen LogP contribution in [0.1, 0.15) is 41.6 Å². The van der Waals surface area contributed by atoms with E-state index in [-0.39, 0.29) is 18.5 Å².